The summed E-state index contributed by atoms with van der Waals surface area (Å²) < 4.78 is 13.2. The van der Waals surface area contributed by atoms with Crippen LogP contribution in [-0.4, -0.2) is 15.9 Å². The fourth-order valence-corrected chi connectivity index (χ4v) is 2.28. The summed E-state index contributed by atoms with van der Waals surface area (Å²) in [6.45, 7) is 0. The average molecular weight is 307 g/mol. The quantitative estimate of drug-likeness (QED) is 0.805. The highest BCUT2D eigenvalue weighted by Crippen LogP contribution is 2.22. The summed E-state index contributed by atoms with van der Waals surface area (Å²) in [5.41, 5.74) is 1.92. The van der Waals surface area contributed by atoms with Crippen molar-refractivity contribution in [1.82, 2.24) is 15.3 Å². The van der Waals surface area contributed by atoms with E-state index in [0.717, 1.165) is 11.1 Å². The molecule has 5 heteroatoms. The molecule has 0 saturated heterocycles. The Hall–Kier alpha value is -3.08. The van der Waals surface area contributed by atoms with Gasteiger partial charge in [0.25, 0.3) is 5.91 Å². The van der Waals surface area contributed by atoms with E-state index < -0.39 is 6.04 Å². The van der Waals surface area contributed by atoms with Gasteiger partial charge in [-0.15, -0.1) is 0 Å². The zero-order valence-corrected chi connectivity index (χ0v) is 12.2. The van der Waals surface area contributed by atoms with E-state index in [0.29, 0.717) is 0 Å². The fourth-order valence-electron chi connectivity index (χ4n) is 2.28. The van der Waals surface area contributed by atoms with Gasteiger partial charge in [-0.25, -0.2) is 9.37 Å². The van der Waals surface area contributed by atoms with Gasteiger partial charge in [-0.2, -0.15) is 0 Å². The van der Waals surface area contributed by atoms with Crippen LogP contribution in [0.25, 0.3) is 0 Å². The van der Waals surface area contributed by atoms with Gasteiger partial charge >= 0.3 is 0 Å². The first kappa shape index (κ1) is 14.8. The van der Waals surface area contributed by atoms with Gasteiger partial charge in [-0.05, 0) is 23.3 Å². The van der Waals surface area contributed by atoms with Crippen molar-refractivity contribution >= 4 is 5.91 Å². The first-order valence-corrected chi connectivity index (χ1v) is 7.11. The van der Waals surface area contributed by atoms with Crippen LogP contribution in [-0.2, 0) is 0 Å². The molecule has 1 N–H and O–H groups in total. The molecule has 0 aliphatic rings. The third-order valence-corrected chi connectivity index (χ3v) is 3.41. The van der Waals surface area contributed by atoms with Crippen LogP contribution >= 0.6 is 0 Å². The summed E-state index contributed by atoms with van der Waals surface area (Å²) >= 11 is 0. The third-order valence-electron chi connectivity index (χ3n) is 3.41. The van der Waals surface area contributed by atoms with E-state index >= 15 is 0 Å². The molecule has 3 rings (SSSR count). The van der Waals surface area contributed by atoms with Crippen molar-refractivity contribution in [2.24, 2.45) is 0 Å². The maximum atomic E-state index is 13.2. The van der Waals surface area contributed by atoms with E-state index in [1.807, 2.05) is 30.3 Å². The molecule has 23 heavy (non-hydrogen) atoms. The highest BCUT2D eigenvalue weighted by Gasteiger charge is 2.18. The molecule has 0 aliphatic carbocycles. The maximum Gasteiger partial charge on any atom is 0.272 e. The number of carbonyl (C=O) groups is 1. The van der Waals surface area contributed by atoms with Crippen LogP contribution in [0, 0.1) is 5.82 Å². The van der Waals surface area contributed by atoms with Crippen LogP contribution in [0.1, 0.15) is 27.7 Å². The number of nitrogens with zero attached hydrogens (tertiary/aromatic N) is 2. The first-order valence-electron chi connectivity index (χ1n) is 7.11. The molecule has 0 radical (unpaired) electrons. The van der Waals surface area contributed by atoms with Crippen LogP contribution in [0.4, 0.5) is 4.39 Å². The van der Waals surface area contributed by atoms with Crippen molar-refractivity contribution in [3.05, 3.63) is 95.8 Å². The Morgan fingerprint density at radius 3 is 2.30 bits per heavy atom. The van der Waals surface area contributed by atoms with Crippen LogP contribution in [0.3, 0.4) is 0 Å². The normalized spacial score (nSPS) is 11.7. The lowest BCUT2D eigenvalue weighted by atomic mass is 9.98. The molecule has 3 aromatic rings. The molecule has 114 valence electrons. The molecule has 1 aromatic heterocycles. The van der Waals surface area contributed by atoms with Gasteiger partial charge in [-0.3, -0.25) is 9.78 Å². The summed E-state index contributed by atoms with van der Waals surface area (Å²) in [4.78, 5) is 20.3. The van der Waals surface area contributed by atoms with Crippen molar-refractivity contribution in [1.29, 1.82) is 0 Å². The van der Waals surface area contributed by atoms with Crippen molar-refractivity contribution in [2.75, 3.05) is 0 Å². The lowest BCUT2D eigenvalue weighted by Crippen LogP contribution is -2.30. The predicted molar refractivity (Wildman–Crippen MR) is 84.2 cm³/mol. The van der Waals surface area contributed by atoms with E-state index in [9.17, 15) is 9.18 Å². The highest BCUT2D eigenvalue weighted by molar-refractivity contribution is 5.92. The smallest absolute Gasteiger partial charge is 0.272 e. The zero-order chi connectivity index (χ0) is 16.1. The second-order valence-corrected chi connectivity index (χ2v) is 4.96. The van der Waals surface area contributed by atoms with Crippen LogP contribution < -0.4 is 5.32 Å². The van der Waals surface area contributed by atoms with Crippen molar-refractivity contribution < 1.29 is 9.18 Å². The van der Waals surface area contributed by atoms with Gasteiger partial charge in [0.1, 0.15) is 11.5 Å². The summed E-state index contributed by atoms with van der Waals surface area (Å²) in [7, 11) is 0. The number of hydrogen-bond acceptors (Lipinski definition) is 3. The molecule has 1 unspecified atom stereocenters. The Labute approximate surface area is 133 Å². The lowest BCUT2D eigenvalue weighted by molar-refractivity contribution is 0.0937. The number of carbonyl (C=O) groups excluding carboxylic acids is 1. The van der Waals surface area contributed by atoms with E-state index in [-0.39, 0.29) is 17.4 Å². The van der Waals surface area contributed by atoms with Crippen LogP contribution in [0.5, 0.6) is 0 Å². The second-order valence-electron chi connectivity index (χ2n) is 4.96. The van der Waals surface area contributed by atoms with Gasteiger partial charge in [0, 0.05) is 12.4 Å². The molecule has 4 nitrogen and oxygen atoms in total. The Morgan fingerprint density at radius 2 is 1.65 bits per heavy atom. The molecular weight excluding hydrogens is 293 g/mol. The van der Waals surface area contributed by atoms with Gasteiger partial charge in [0.15, 0.2) is 0 Å². The molecular formula is C18H14FN3O. The second kappa shape index (κ2) is 6.79. The number of hydrogen-bond donors (Lipinski definition) is 1. The Kier molecular flexibility index (Phi) is 4.38. The molecule has 0 saturated carbocycles. The standard InChI is InChI=1S/C18H14FN3O/c19-15-8-6-14(7-9-15)17(13-4-2-1-3-5-13)22-18(23)16-12-20-10-11-21-16/h1-12,17H,(H,22,23). The van der Waals surface area contributed by atoms with Crippen molar-refractivity contribution in [3.8, 4) is 0 Å². The highest BCUT2D eigenvalue weighted by atomic mass is 19.1. The molecule has 0 fully saturated rings. The van der Waals surface area contributed by atoms with E-state index in [2.05, 4.69) is 15.3 Å². The summed E-state index contributed by atoms with van der Waals surface area (Å²) in [5.74, 6) is -0.655. The minimum Gasteiger partial charge on any atom is -0.340 e. The molecule has 2 aromatic carbocycles. The van der Waals surface area contributed by atoms with E-state index in [1.165, 1.54) is 30.7 Å². The SMILES string of the molecule is O=C(NC(c1ccccc1)c1ccc(F)cc1)c1cnccn1. The van der Waals surface area contributed by atoms with E-state index in [1.54, 1.807) is 12.1 Å². The summed E-state index contributed by atoms with van der Waals surface area (Å²) in [6.07, 6.45) is 4.37. The third kappa shape index (κ3) is 3.58. The average Bonchev–Trinajstić information content (AvgIpc) is 2.62. The Balaban J connectivity index is 1.93. The van der Waals surface area contributed by atoms with Crippen molar-refractivity contribution in [3.63, 3.8) is 0 Å². The molecule has 1 heterocycles. The number of halogens is 1. The zero-order valence-electron chi connectivity index (χ0n) is 12.2. The summed E-state index contributed by atoms with van der Waals surface area (Å²) in [5, 5.41) is 2.92. The Bertz CT molecular complexity index is 776. The number of benzene rings is 2. The fraction of sp³-hybridized carbons (Fsp3) is 0.0556. The predicted octanol–water partition coefficient (Wildman–Crippen LogP) is 3.14. The summed E-state index contributed by atoms with van der Waals surface area (Å²) in [6, 6.07) is 15.2. The number of amides is 1. The van der Waals surface area contributed by atoms with Gasteiger partial charge in [0.05, 0.1) is 12.2 Å². The van der Waals surface area contributed by atoms with Gasteiger partial charge in [-0.1, -0.05) is 42.5 Å². The Morgan fingerprint density at radius 1 is 0.957 bits per heavy atom. The molecule has 0 spiro atoms. The maximum absolute atomic E-state index is 13.2. The monoisotopic (exact) mass is 307 g/mol. The molecule has 1 amide bonds. The number of nitrogens with one attached hydrogen (secondary N) is 1. The molecule has 0 bridgehead atoms. The largest absolute Gasteiger partial charge is 0.340 e. The van der Waals surface area contributed by atoms with Crippen LogP contribution in [0.15, 0.2) is 73.2 Å². The number of rotatable bonds is 4. The minimum atomic E-state index is -0.397. The lowest BCUT2D eigenvalue weighted by Gasteiger charge is -2.19. The number of aromatic nitrogens is 2. The van der Waals surface area contributed by atoms with Gasteiger partial charge in [0.2, 0.25) is 0 Å². The molecule has 1 atom stereocenters. The van der Waals surface area contributed by atoms with Gasteiger partial charge < -0.3 is 5.32 Å². The first-order chi connectivity index (χ1) is 11.2. The molecule has 0 aliphatic heterocycles. The topological polar surface area (TPSA) is 54.9 Å². The minimum absolute atomic E-state index is 0.232. The van der Waals surface area contributed by atoms with Crippen molar-refractivity contribution in [2.45, 2.75) is 6.04 Å². The van der Waals surface area contributed by atoms with E-state index in [4.69, 9.17) is 0 Å². The van der Waals surface area contributed by atoms with Crippen LogP contribution in [0.2, 0.25) is 0 Å².